The Hall–Kier alpha value is -0.470. The molecule has 9 heavy (non-hydrogen) atoms. The summed E-state index contributed by atoms with van der Waals surface area (Å²) in [5.41, 5.74) is 6.65. The van der Waals surface area contributed by atoms with E-state index in [9.17, 15) is 0 Å². The Kier molecular flexibility index (Phi) is 2.14. The van der Waals surface area contributed by atoms with Crippen molar-refractivity contribution in [3.63, 3.8) is 0 Å². The molecule has 1 rings (SSSR count). The fourth-order valence-electron chi connectivity index (χ4n) is 0.657. The molecule has 1 unspecified atom stereocenters. The van der Waals surface area contributed by atoms with E-state index in [-0.39, 0.29) is 6.04 Å². The van der Waals surface area contributed by atoms with E-state index >= 15 is 0 Å². The summed E-state index contributed by atoms with van der Waals surface area (Å²) in [6.45, 7) is 0. The summed E-state index contributed by atoms with van der Waals surface area (Å²) in [4.78, 5) is 2.91. The van der Waals surface area contributed by atoms with Gasteiger partial charge >= 0.3 is 0 Å². The zero-order valence-electron chi connectivity index (χ0n) is 4.97. The zero-order valence-corrected chi connectivity index (χ0v) is 5.73. The molecular weight excluding hydrogens is 136 g/mol. The first-order chi connectivity index (χ1) is 4.34. The maximum atomic E-state index is 5.59. The van der Waals surface area contributed by atoms with Crippen LogP contribution in [-0.2, 0) is 0 Å². The Balaban J connectivity index is 2.65. The molecule has 2 nitrogen and oxygen atoms in total. The minimum absolute atomic E-state index is 0.0297. The fraction of sp³-hybridized carbons (Fsp3) is 0.333. The summed E-state index contributed by atoms with van der Waals surface area (Å²) < 4.78 is 0. The maximum absolute atomic E-state index is 5.59. The molecule has 0 aliphatic carbocycles. The summed E-state index contributed by atoms with van der Waals surface area (Å²) in [6, 6.07) is 1.89. The molecule has 0 spiro atoms. The Bertz CT molecular complexity index is 160. The normalized spacial score (nSPS) is 13.6. The smallest absolute Gasteiger partial charge is 0.0447 e. The fourth-order valence-corrected chi connectivity index (χ4v) is 0.835. The van der Waals surface area contributed by atoms with E-state index in [0.29, 0.717) is 5.88 Å². The van der Waals surface area contributed by atoms with Crippen LogP contribution in [0.15, 0.2) is 18.5 Å². The first-order valence-electron chi connectivity index (χ1n) is 2.79. The van der Waals surface area contributed by atoms with Crippen molar-refractivity contribution in [1.29, 1.82) is 0 Å². The average molecular weight is 145 g/mol. The summed E-state index contributed by atoms with van der Waals surface area (Å²) in [6.07, 6.45) is 3.69. The lowest BCUT2D eigenvalue weighted by molar-refractivity contribution is 0.828. The second-order valence-electron chi connectivity index (χ2n) is 1.91. The van der Waals surface area contributed by atoms with Crippen molar-refractivity contribution in [3.05, 3.63) is 24.0 Å². The van der Waals surface area contributed by atoms with Crippen LogP contribution in [0.1, 0.15) is 11.6 Å². The van der Waals surface area contributed by atoms with Gasteiger partial charge < -0.3 is 10.7 Å². The number of hydrogen-bond acceptors (Lipinski definition) is 1. The Morgan fingerprint density at radius 1 is 1.78 bits per heavy atom. The molecule has 50 valence electrons. The van der Waals surface area contributed by atoms with Crippen molar-refractivity contribution in [2.45, 2.75) is 6.04 Å². The Morgan fingerprint density at radius 3 is 3.00 bits per heavy atom. The number of nitrogens with two attached hydrogens (primary N) is 1. The van der Waals surface area contributed by atoms with E-state index in [2.05, 4.69) is 4.98 Å². The highest BCUT2D eigenvalue weighted by atomic mass is 35.5. The molecule has 1 heterocycles. The summed E-state index contributed by atoms with van der Waals surface area (Å²) >= 11 is 5.50. The van der Waals surface area contributed by atoms with Crippen LogP contribution in [0.2, 0.25) is 0 Å². The number of aromatic amines is 1. The molecule has 0 aliphatic rings. The van der Waals surface area contributed by atoms with Gasteiger partial charge in [0.1, 0.15) is 0 Å². The summed E-state index contributed by atoms with van der Waals surface area (Å²) in [5.74, 6) is 0.470. The van der Waals surface area contributed by atoms with Crippen molar-refractivity contribution < 1.29 is 0 Å². The molecule has 1 atom stereocenters. The van der Waals surface area contributed by atoms with Gasteiger partial charge in [0.15, 0.2) is 0 Å². The largest absolute Gasteiger partial charge is 0.367 e. The lowest BCUT2D eigenvalue weighted by Crippen LogP contribution is -2.10. The van der Waals surface area contributed by atoms with Gasteiger partial charge in [0, 0.05) is 24.3 Å². The number of H-pyrrole nitrogens is 1. The minimum atomic E-state index is -0.0297. The lowest BCUT2D eigenvalue weighted by Gasteiger charge is -2.01. The monoisotopic (exact) mass is 144 g/mol. The highest BCUT2D eigenvalue weighted by Gasteiger charge is 2.01. The predicted molar refractivity (Wildman–Crippen MR) is 38.4 cm³/mol. The van der Waals surface area contributed by atoms with Crippen LogP contribution in [-0.4, -0.2) is 10.9 Å². The molecule has 1 aromatic heterocycles. The Morgan fingerprint density at radius 2 is 2.56 bits per heavy atom. The van der Waals surface area contributed by atoms with Crippen molar-refractivity contribution in [2.75, 3.05) is 5.88 Å². The number of nitrogens with one attached hydrogen (secondary N) is 1. The highest BCUT2D eigenvalue weighted by Crippen LogP contribution is 2.08. The van der Waals surface area contributed by atoms with E-state index in [1.54, 1.807) is 0 Å². The third-order valence-corrected chi connectivity index (χ3v) is 1.55. The van der Waals surface area contributed by atoms with Crippen LogP contribution >= 0.6 is 11.6 Å². The van der Waals surface area contributed by atoms with E-state index in [0.717, 1.165) is 5.56 Å². The molecule has 0 radical (unpaired) electrons. The van der Waals surface area contributed by atoms with Gasteiger partial charge in [0.05, 0.1) is 0 Å². The van der Waals surface area contributed by atoms with Gasteiger partial charge in [-0.05, 0) is 11.6 Å². The quantitative estimate of drug-likeness (QED) is 0.603. The number of alkyl halides is 1. The third kappa shape index (κ3) is 1.47. The molecule has 0 bridgehead atoms. The van der Waals surface area contributed by atoms with Gasteiger partial charge in [-0.15, -0.1) is 11.6 Å². The van der Waals surface area contributed by atoms with Crippen LogP contribution < -0.4 is 5.73 Å². The Labute approximate surface area is 59.0 Å². The van der Waals surface area contributed by atoms with Crippen molar-refractivity contribution in [1.82, 2.24) is 4.98 Å². The molecule has 3 N–H and O–H groups in total. The van der Waals surface area contributed by atoms with Crippen molar-refractivity contribution in [2.24, 2.45) is 5.73 Å². The third-order valence-electron chi connectivity index (χ3n) is 1.22. The first-order valence-corrected chi connectivity index (χ1v) is 3.32. The maximum Gasteiger partial charge on any atom is 0.0447 e. The van der Waals surface area contributed by atoms with E-state index < -0.39 is 0 Å². The second-order valence-corrected chi connectivity index (χ2v) is 2.21. The van der Waals surface area contributed by atoms with Gasteiger partial charge in [0.2, 0.25) is 0 Å². The number of hydrogen-bond donors (Lipinski definition) is 2. The SMILES string of the molecule is NC(CCl)c1cc[nH]c1. The van der Waals surface area contributed by atoms with Gasteiger partial charge in [-0.3, -0.25) is 0 Å². The van der Waals surface area contributed by atoms with Gasteiger partial charge in [-0.25, -0.2) is 0 Å². The molecule has 0 amide bonds. The van der Waals surface area contributed by atoms with Crippen LogP contribution in [0.5, 0.6) is 0 Å². The molecule has 1 aromatic rings. The van der Waals surface area contributed by atoms with E-state index in [1.807, 2.05) is 18.5 Å². The van der Waals surface area contributed by atoms with Gasteiger partial charge in [0.25, 0.3) is 0 Å². The lowest BCUT2D eigenvalue weighted by atomic mass is 10.2. The molecule has 0 saturated heterocycles. The molecule has 0 aromatic carbocycles. The van der Waals surface area contributed by atoms with Gasteiger partial charge in [-0.1, -0.05) is 0 Å². The molecule has 3 heteroatoms. The average Bonchev–Trinajstić information content (AvgIpc) is 2.37. The van der Waals surface area contributed by atoms with Crippen LogP contribution in [0.3, 0.4) is 0 Å². The van der Waals surface area contributed by atoms with Crippen molar-refractivity contribution in [3.8, 4) is 0 Å². The topological polar surface area (TPSA) is 41.8 Å². The second kappa shape index (κ2) is 2.90. The predicted octanol–water partition coefficient (Wildman–Crippen LogP) is 1.25. The van der Waals surface area contributed by atoms with Gasteiger partial charge in [-0.2, -0.15) is 0 Å². The number of halogens is 1. The van der Waals surface area contributed by atoms with E-state index in [4.69, 9.17) is 17.3 Å². The van der Waals surface area contributed by atoms with E-state index in [1.165, 1.54) is 0 Å². The summed E-state index contributed by atoms with van der Waals surface area (Å²) in [7, 11) is 0. The number of aromatic nitrogens is 1. The highest BCUT2D eigenvalue weighted by molar-refractivity contribution is 6.18. The molecule has 0 saturated carbocycles. The minimum Gasteiger partial charge on any atom is -0.367 e. The molecule has 0 fully saturated rings. The number of rotatable bonds is 2. The zero-order chi connectivity index (χ0) is 6.69. The standard InChI is InChI=1S/C6H9ClN2/c7-3-6(8)5-1-2-9-4-5/h1-2,4,6,9H,3,8H2. The molecule has 0 aliphatic heterocycles. The first kappa shape index (κ1) is 6.65. The van der Waals surface area contributed by atoms with Crippen LogP contribution in [0.25, 0.3) is 0 Å². The van der Waals surface area contributed by atoms with Crippen LogP contribution in [0, 0.1) is 0 Å². The van der Waals surface area contributed by atoms with Crippen LogP contribution in [0.4, 0.5) is 0 Å². The summed E-state index contributed by atoms with van der Waals surface area (Å²) in [5, 5.41) is 0. The van der Waals surface area contributed by atoms with Crippen molar-refractivity contribution >= 4 is 11.6 Å². The molecular formula is C6H9ClN2.